The fourth-order valence-corrected chi connectivity index (χ4v) is 4.59. The second-order valence-electron chi connectivity index (χ2n) is 7.67. The predicted molar refractivity (Wildman–Crippen MR) is 112 cm³/mol. The number of likely N-dealkylation sites (tertiary alicyclic amines) is 1. The molecular formula is C22H28N2O3S. The van der Waals surface area contributed by atoms with Crippen LogP contribution in [0.2, 0.25) is 0 Å². The van der Waals surface area contributed by atoms with Gasteiger partial charge < -0.3 is 4.90 Å². The van der Waals surface area contributed by atoms with Gasteiger partial charge in [0.15, 0.2) is 0 Å². The summed E-state index contributed by atoms with van der Waals surface area (Å²) in [6.07, 6.45) is 0.608. The molecule has 0 aliphatic carbocycles. The maximum atomic E-state index is 12.4. The third-order valence-electron chi connectivity index (χ3n) is 5.44. The number of hydrogen-bond donors (Lipinski definition) is 1. The van der Waals surface area contributed by atoms with Crippen LogP contribution >= 0.6 is 0 Å². The lowest BCUT2D eigenvalue weighted by Crippen LogP contribution is -2.51. The molecule has 1 aliphatic heterocycles. The van der Waals surface area contributed by atoms with Gasteiger partial charge in [0.2, 0.25) is 15.9 Å². The second-order valence-corrected chi connectivity index (χ2v) is 9.93. The molecule has 0 spiro atoms. The standard InChI is InChI=1S/C22H28N2O3S/c1-16(2)28(26,27)23-22-13-14-24(17(3)25)15-21(22)20-11-9-19(10-12-20)18-7-5-4-6-8-18/h4-12,16,21-23H,13-15H2,1-3H3/t21-,22+/m0/s1. The quantitative estimate of drug-likeness (QED) is 0.837. The average Bonchev–Trinajstić information content (AvgIpc) is 2.68. The Balaban J connectivity index is 1.88. The Kier molecular flexibility index (Phi) is 6.20. The molecule has 2 aromatic rings. The van der Waals surface area contributed by atoms with Crippen LogP contribution in [0.4, 0.5) is 0 Å². The Labute approximate surface area is 167 Å². The van der Waals surface area contributed by atoms with Crippen LogP contribution in [-0.4, -0.2) is 43.6 Å². The normalized spacial score (nSPS) is 20.4. The third-order valence-corrected chi connectivity index (χ3v) is 7.31. The fraction of sp³-hybridized carbons (Fsp3) is 0.409. The zero-order valence-electron chi connectivity index (χ0n) is 16.6. The van der Waals surface area contributed by atoms with Gasteiger partial charge in [0.1, 0.15) is 0 Å². The summed E-state index contributed by atoms with van der Waals surface area (Å²) in [6, 6.07) is 18.1. The van der Waals surface area contributed by atoms with E-state index in [-0.39, 0.29) is 17.9 Å². The highest BCUT2D eigenvalue weighted by Gasteiger charge is 2.34. The largest absolute Gasteiger partial charge is 0.342 e. The molecule has 0 aromatic heterocycles. The van der Waals surface area contributed by atoms with E-state index in [1.807, 2.05) is 30.3 Å². The molecule has 0 saturated carbocycles. The molecule has 2 aromatic carbocycles. The van der Waals surface area contributed by atoms with Gasteiger partial charge in [0.25, 0.3) is 0 Å². The van der Waals surface area contributed by atoms with E-state index in [9.17, 15) is 13.2 Å². The monoisotopic (exact) mass is 400 g/mol. The van der Waals surface area contributed by atoms with Gasteiger partial charge in [-0.15, -0.1) is 0 Å². The molecule has 28 heavy (non-hydrogen) atoms. The van der Waals surface area contributed by atoms with Crippen molar-refractivity contribution >= 4 is 15.9 Å². The minimum Gasteiger partial charge on any atom is -0.342 e. The molecule has 1 saturated heterocycles. The summed E-state index contributed by atoms with van der Waals surface area (Å²) in [5, 5.41) is -0.487. The summed E-state index contributed by atoms with van der Waals surface area (Å²) >= 11 is 0. The van der Waals surface area contributed by atoms with Gasteiger partial charge >= 0.3 is 0 Å². The van der Waals surface area contributed by atoms with Crippen molar-refractivity contribution in [3.63, 3.8) is 0 Å². The highest BCUT2D eigenvalue weighted by atomic mass is 32.2. The lowest BCUT2D eigenvalue weighted by atomic mass is 9.86. The number of nitrogens with zero attached hydrogens (tertiary/aromatic N) is 1. The first-order valence-electron chi connectivity index (χ1n) is 9.70. The first-order valence-corrected chi connectivity index (χ1v) is 11.2. The van der Waals surface area contributed by atoms with Gasteiger partial charge in [-0.1, -0.05) is 54.6 Å². The Hall–Kier alpha value is -2.18. The Bertz CT molecular complexity index is 909. The molecule has 0 radical (unpaired) electrons. The van der Waals surface area contributed by atoms with E-state index >= 15 is 0 Å². The summed E-state index contributed by atoms with van der Waals surface area (Å²) in [7, 11) is -3.38. The summed E-state index contributed by atoms with van der Waals surface area (Å²) < 4.78 is 27.8. The summed E-state index contributed by atoms with van der Waals surface area (Å²) in [5.41, 5.74) is 3.30. The Morgan fingerprint density at radius 1 is 1.04 bits per heavy atom. The molecule has 1 aliphatic rings. The molecule has 1 amide bonds. The van der Waals surface area contributed by atoms with Crippen LogP contribution in [0, 0.1) is 0 Å². The number of carbonyl (C=O) groups is 1. The van der Waals surface area contributed by atoms with Crippen LogP contribution < -0.4 is 4.72 Å². The number of sulfonamides is 1. The zero-order valence-corrected chi connectivity index (χ0v) is 17.4. The smallest absolute Gasteiger partial charge is 0.219 e. The molecule has 6 heteroatoms. The number of benzene rings is 2. The van der Waals surface area contributed by atoms with E-state index in [4.69, 9.17) is 0 Å². The van der Waals surface area contributed by atoms with Crippen LogP contribution in [-0.2, 0) is 14.8 Å². The van der Waals surface area contributed by atoms with Crippen molar-refractivity contribution in [2.75, 3.05) is 13.1 Å². The molecule has 150 valence electrons. The lowest BCUT2D eigenvalue weighted by Gasteiger charge is -2.39. The number of piperidine rings is 1. The Morgan fingerprint density at radius 3 is 2.21 bits per heavy atom. The highest BCUT2D eigenvalue weighted by molar-refractivity contribution is 7.90. The summed E-state index contributed by atoms with van der Waals surface area (Å²) in [6.45, 7) is 6.01. The van der Waals surface area contributed by atoms with Gasteiger partial charge in [-0.3, -0.25) is 4.79 Å². The molecule has 5 nitrogen and oxygen atoms in total. The van der Waals surface area contributed by atoms with Crippen LogP contribution in [0.1, 0.15) is 38.7 Å². The lowest BCUT2D eigenvalue weighted by molar-refractivity contribution is -0.130. The number of carbonyl (C=O) groups excluding carboxylic acids is 1. The topological polar surface area (TPSA) is 66.5 Å². The first-order chi connectivity index (χ1) is 13.3. The fourth-order valence-electron chi connectivity index (χ4n) is 3.62. The van der Waals surface area contributed by atoms with Crippen LogP contribution in [0.5, 0.6) is 0 Å². The maximum absolute atomic E-state index is 12.4. The molecule has 1 fully saturated rings. The molecule has 3 rings (SSSR count). The highest BCUT2D eigenvalue weighted by Crippen LogP contribution is 2.30. The first kappa shape index (κ1) is 20.6. The SMILES string of the molecule is CC(=O)N1CC[C@@H](NS(=O)(=O)C(C)C)[C@H](c2ccc(-c3ccccc3)cc2)C1. The minimum atomic E-state index is -3.38. The third kappa shape index (κ3) is 4.62. The number of hydrogen-bond acceptors (Lipinski definition) is 3. The van der Waals surface area contributed by atoms with E-state index in [1.54, 1.807) is 25.7 Å². The molecule has 1 N–H and O–H groups in total. The predicted octanol–water partition coefficient (Wildman–Crippen LogP) is 3.39. The molecule has 0 unspecified atom stereocenters. The average molecular weight is 401 g/mol. The van der Waals surface area contributed by atoms with E-state index in [0.29, 0.717) is 19.5 Å². The van der Waals surface area contributed by atoms with Gasteiger partial charge in [0.05, 0.1) is 5.25 Å². The van der Waals surface area contributed by atoms with Crippen LogP contribution in [0.25, 0.3) is 11.1 Å². The van der Waals surface area contributed by atoms with Crippen molar-refractivity contribution in [1.82, 2.24) is 9.62 Å². The van der Waals surface area contributed by atoms with Crippen molar-refractivity contribution in [2.45, 2.75) is 44.4 Å². The number of amides is 1. The summed E-state index contributed by atoms with van der Waals surface area (Å²) in [4.78, 5) is 13.7. The second kappa shape index (κ2) is 8.45. The van der Waals surface area contributed by atoms with E-state index in [2.05, 4.69) is 29.0 Å². The van der Waals surface area contributed by atoms with Crippen molar-refractivity contribution in [1.29, 1.82) is 0 Å². The minimum absolute atomic E-state index is 0.0241. The van der Waals surface area contributed by atoms with Crippen LogP contribution in [0.15, 0.2) is 54.6 Å². The number of rotatable bonds is 5. The van der Waals surface area contributed by atoms with Gasteiger partial charge in [-0.05, 0) is 37.0 Å². The Morgan fingerprint density at radius 2 is 1.64 bits per heavy atom. The van der Waals surface area contributed by atoms with Gasteiger partial charge in [-0.2, -0.15) is 0 Å². The molecule has 0 bridgehead atoms. The molecule has 1 heterocycles. The van der Waals surface area contributed by atoms with Crippen molar-refractivity contribution in [3.8, 4) is 11.1 Å². The summed E-state index contributed by atoms with van der Waals surface area (Å²) in [5.74, 6) is -0.0490. The zero-order chi connectivity index (χ0) is 20.3. The van der Waals surface area contributed by atoms with Crippen molar-refractivity contribution in [3.05, 3.63) is 60.2 Å². The van der Waals surface area contributed by atoms with Crippen molar-refractivity contribution in [2.24, 2.45) is 0 Å². The van der Waals surface area contributed by atoms with Gasteiger partial charge in [0, 0.05) is 32.0 Å². The van der Waals surface area contributed by atoms with E-state index < -0.39 is 15.3 Å². The van der Waals surface area contributed by atoms with Crippen molar-refractivity contribution < 1.29 is 13.2 Å². The molecular weight excluding hydrogens is 372 g/mol. The van der Waals surface area contributed by atoms with Crippen LogP contribution in [0.3, 0.4) is 0 Å². The maximum Gasteiger partial charge on any atom is 0.219 e. The number of nitrogens with one attached hydrogen (secondary N) is 1. The molecule has 2 atom stereocenters. The van der Waals surface area contributed by atoms with Gasteiger partial charge in [-0.25, -0.2) is 13.1 Å². The van der Waals surface area contributed by atoms with E-state index in [0.717, 1.165) is 16.7 Å². The van der Waals surface area contributed by atoms with E-state index in [1.165, 1.54) is 0 Å².